The molecule has 0 amide bonds. The summed E-state index contributed by atoms with van der Waals surface area (Å²) in [6.45, 7) is 1.74. The minimum Gasteiger partial charge on any atom is -0.312 e. The first-order chi connectivity index (χ1) is 9.25. The molecule has 0 atom stereocenters. The zero-order valence-electron chi connectivity index (χ0n) is 10.4. The van der Waals surface area contributed by atoms with Crippen LogP contribution in [0.15, 0.2) is 42.5 Å². The molecule has 0 bridgehead atoms. The number of ketones is 1. The van der Waals surface area contributed by atoms with Crippen molar-refractivity contribution in [3.63, 3.8) is 0 Å². The number of halogens is 1. The minimum absolute atomic E-state index is 0.131. The second-order valence-corrected chi connectivity index (χ2v) is 4.72. The first kappa shape index (κ1) is 12.1. The van der Waals surface area contributed by atoms with E-state index in [1.54, 1.807) is 18.2 Å². The van der Waals surface area contributed by atoms with Crippen LogP contribution in [0.4, 0.5) is 4.39 Å². The molecule has 3 rings (SSSR count). The van der Waals surface area contributed by atoms with Crippen LogP contribution in [-0.2, 0) is 13.0 Å². The van der Waals surface area contributed by atoms with E-state index in [1.807, 2.05) is 12.1 Å². The molecule has 0 spiro atoms. The van der Waals surface area contributed by atoms with Crippen molar-refractivity contribution in [1.29, 1.82) is 0 Å². The average molecular weight is 255 g/mol. The molecule has 0 aromatic heterocycles. The molecule has 2 aromatic carbocycles. The topological polar surface area (TPSA) is 29.1 Å². The number of carbonyl (C=O) groups is 1. The number of hydrogen-bond acceptors (Lipinski definition) is 2. The molecule has 3 heteroatoms. The smallest absolute Gasteiger partial charge is 0.195 e. The highest BCUT2D eigenvalue weighted by Gasteiger charge is 2.16. The number of rotatable bonds is 2. The molecule has 0 saturated carbocycles. The van der Waals surface area contributed by atoms with Crippen LogP contribution in [-0.4, -0.2) is 12.3 Å². The van der Waals surface area contributed by atoms with Gasteiger partial charge in [0.25, 0.3) is 0 Å². The summed E-state index contributed by atoms with van der Waals surface area (Å²) < 4.78 is 13.6. The first-order valence-corrected chi connectivity index (χ1v) is 6.37. The molecule has 2 nitrogen and oxygen atoms in total. The highest BCUT2D eigenvalue weighted by atomic mass is 19.1. The lowest BCUT2D eigenvalue weighted by molar-refractivity contribution is 0.103. The van der Waals surface area contributed by atoms with Gasteiger partial charge in [-0.2, -0.15) is 0 Å². The number of hydrogen-bond donors (Lipinski definition) is 1. The molecule has 1 aliphatic rings. The van der Waals surface area contributed by atoms with E-state index in [2.05, 4.69) is 5.32 Å². The molecule has 2 aromatic rings. The molecule has 0 fully saturated rings. The Labute approximate surface area is 111 Å². The van der Waals surface area contributed by atoms with Crippen molar-refractivity contribution in [2.24, 2.45) is 0 Å². The van der Waals surface area contributed by atoms with Gasteiger partial charge in [-0.15, -0.1) is 0 Å². The predicted molar refractivity (Wildman–Crippen MR) is 71.7 cm³/mol. The molecule has 1 N–H and O–H groups in total. The third-order valence-corrected chi connectivity index (χ3v) is 3.47. The Balaban J connectivity index is 1.98. The summed E-state index contributed by atoms with van der Waals surface area (Å²) in [4.78, 5) is 12.3. The summed E-state index contributed by atoms with van der Waals surface area (Å²) in [5, 5.41) is 3.27. The second kappa shape index (κ2) is 4.94. The first-order valence-electron chi connectivity index (χ1n) is 6.37. The van der Waals surface area contributed by atoms with E-state index in [4.69, 9.17) is 0 Å². The fraction of sp³-hybridized carbons (Fsp3) is 0.188. The molecular weight excluding hydrogens is 241 g/mol. The third-order valence-electron chi connectivity index (χ3n) is 3.47. The van der Waals surface area contributed by atoms with E-state index >= 15 is 0 Å². The molecule has 0 unspecified atom stereocenters. The van der Waals surface area contributed by atoms with Crippen molar-refractivity contribution in [2.45, 2.75) is 13.0 Å². The second-order valence-electron chi connectivity index (χ2n) is 4.72. The van der Waals surface area contributed by atoms with Gasteiger partial charge in [-0.3, -0.25) is 4.79 Å². The van der Waals surface area contributed by atoms with Gasteiger partial charge in [-0.1, -0.05) is 24.3 Å². The van der Waals surface area contributed by atoms with Gasteiger partial charge in [0.05, 0.1) is 5.56 Å². The summed E-state index contributed by atoms with van der Waals surface area (Å²) in [5.41, 5.74) is 3.08. The Morgan fingerprint density at radius 2 is 1.95 bits per heavy atom. The Morgan fingerprint density at radius 3 is 2.79 bits per heavy atom. The zero-order chi connectivity index (χ0) is 13.2. The van der Waals surface area contributed by atoms with Gasteiger partial charge in [-0.25, -0.2) is 4.39 Å². The SMILES string of the molecule is O=C(c1ccc2c(c1)CNCC2)c1ccccc1F. The fourth-order valence-corrected chi connectivity index (χ4v) is 2.42. The van der Waals surface area contributed by atoms with E-state index in [1.165, 1.54) is 17.7 Å². The fourth-order valence-electron chi connectivity index (χ4n) is 2.42. The van der Waals surface area contributed by atoms with Gasteiger partial charge in [-0.05, 0) is 42.3 Å². The maximum Gasteiger partial charge on any atom is 0.195 e. The molecule has 1 aliphatic heterocycles. The number of nitrogens with one attached hydrogen (secondary N) is 1. The highest BCUT2D eigenvalue weighted by molar-refractivity contribution is 6.09. The van der Waals surface area contributed by atoms with Crippen LogP contribution in [0.3, 0.4) is 0 Å². The maximum atomic E-state index is 13.6. The number of carbonyl (C=O) groups excluding carboxylic acids is 1. The van der Waals surface area contributed by atoms with E-state index in [0.29, 0.717) is 5.56 Å². The van der Waals surface area contributed by atoms with Crippen molar-refractivity contribution < 1.29 is 9.18 Å². The monoisotopic (exact) mass is 255 g/mol. The quantitative estimate of drug-likeness (QED) is 0.836. The van der Waals surface area contributed by atoms with Crippen LogP contribution in [0.1, 0.15) is 27.0 Å². The van der Waals surface area contributed by atoms with Crippen LogP contribution in [0.2, 0.25) is 0 Å². The lowest BCUT2D eigenvalue weighted by atomic mass is 9.95. The van der Waals surface area contributed by atoms with Crippen LogP contribution >= 0.6 is 0 Å². The van der Waals surface area contributed by atoms with Crippen molar-refractivity contribution in [1.82, 2.24) is 5.32 Å². The standard InChI is InChI=1S/C16H14FNO/c17-15-4-2-1-3-14(15)16(19)12-6-5-11-7-8-18-10-13(11)9-12/h1-6,9,18H,7-8,10H2. The van der Waals surface area contributed by atoms with Gasteiger partial charge >= 0.3 is 0 Å². The Bertz CT molecular complexity index is 636. The van der Waals surface area contributed by atoms with E-state index in [-0.39, 0.29) is 11.3 Å². The Morgan fingerprint density at radius 1 is 1.11 bits per heavy atom. The summed E-state index contributed by atoms with van der Waals surface area (Å²) in [5.74, 6) is -0.727. The van der Waals surface area contributed by atoms with Crippen LogP contribution in [0.5, 0.6) is 0 Å². The lowest BCUT2D eigenvalue weighted by Crippen LogP contribution is -2.23. The van der Waals surface area contributed by atoms with Crippen LogP contribution in [0.25, 0.3) is 0 Å². The van der Waals surface area contributed by atoms with Gasteiger partial charge in [0.15, 0.2) is 5.78 Å². The largest absolute Gasteiger partial charge is 0.312 e. The van der Waals surface area contributed by atoms with E-state index in [0.717, 1.165) is 25.1 Å². The predicted octanol–water partition coefficient (Wildman–Crippen LogP) is 2.70. The molecular formula is C16H14FNO. The van der Waals surface area contributed by atoms with Crippen molar-refractivity contribution >= 4 is 5.78 Å². The zero-order valence-corrected chi connectivity index (χ0v) is 10.4. The van der Waals surface area contributed by atoms with Crippen LogP contribution in [0, 0.1) is 5.82 Å². The summed E-state index contributed by atoms with van der Waals surface area (Å²) in [6.07, 6.45) is 0.976. The third kappa shape index (κ3) is 2.29. The van der Waals surface area contributed by atoms with Crippen molar-refractivity contribution in [2.75, 3.05) is 6.54 Å². The normalized spacial score (nSPS) is 13.9. The molecule has 1 heterocycles. The van der Waals surface area contributed by atoms with Gasteiger partial charge in [0, 0.05) is 12.1 Å². The summed E-state index contributed by atoms with van der Waals surface area (Å²) >= 11 is 0. The molecule has 0 saturated heterocycles. The number of fused-ring (bicyclic) bond motifs is 1. The van der Waals surface area contributed by atoms with Gasteiger partial charge < -0.3 is 5.32 Å². The molecule has 0 radical (unpaired) electrons. The molecule has 19 heavy (non-hydrogen) atoms. The molecule has 0 aliphatic carbocycles. The van der Waals surface area contributed by atoms with Crippen LogP contribution < -0.4 is 5.32 Å². The highest BCUT2D eigenvalue weighted by Crippen LogP contribution is 2.19. The lowest BCUT2D eigenvalue weighted by Gasteiger charge is -2.17. The Kier molecular flexibility index (Phi) is 3.13. The van der Waals surface area contributed by atoms with Gasteiger partial charge in [0.1, 0.15) is 5.82 Å². The Hall–Kier alpha value is -2.00. The van der Waals surface area contributed by atoms with Crippen molar-refractivity contribution in [3.05, 3.63) is 70.5 Å². The minimum atomic E-state index is -0.469. The molecule has 96 valence electrons. The summed E-state index contributed by atoms with van der Waals surface area (Å²) in [6, 6.07) is 11.7. The van der Waals surface area contributed by atoms with E-state index in [9.17, 15) is 9.18 Å². The maximum absolute atomic E-state index is 13.6. The average Bonchev–Trinajstić information content (AvgIpc) is 2.46. The van der Waals surface area contributed by atoms with E-state index < -0.39 is 5.82 Å². The van der Waals surface area contributed by atoms with Crippen molar-refractivity contribution in [3.8, 4) is 0 Å². The van der Waals surface area contributed by atoms with Gasteiger partial charge in [0.2, 0.25) is 0 Å². The summed E-state index contributed by atoms with van der Waals surface area (Å²) in [7, 11) is 0. The number of benzene rings is 2.